The van der Waals surface area contributed by atoms with Gasteiger partial charge in [0.2, 0.25) is 0 Å². The number of rotatable bonds is 6. The van der Waals surface area contributed by atoms with E-state index in [4.69, 9.17) is 11.6 Å². The first-order chi connectivity index (χ1) is 10.8. The van der Waals surface area contributed by atoms with Crippen LogP contribution in [-0.2, 0) is 22.1 Å². The zero-order chi connectivity index (χ0) is 17.0. The van der Waals surface area contributed by atoms with Gasteiger partial charge in [0.1, 0.15) is 0 Å². The number of carbonyl (C=O) groups excluding carboxylic acids is 1. The first-order valence-electron chi connectivity index (χ1n) is 7.08. The number of amides is 1. The second-order valence-corrected chi connectivity index (χ2v) is 9.23. The summed E-state index contributed by atoms with van der Waals surface area (Å²) in [5.41, 5.74) is 1.23. The third-order valence-electron chi connectivity index (χ3n) is 3.27. The zero-order valence-electron chi connectivity index (χ0n) is 13.0. The average Bonchev–Trinajstić information content (AvgIpc) is 2.88. The summed E-state index contributed by atoms with van der Waals surface area (Å²) in [6.07, 6.45) is 1.19. The number of halogens is 1. The van der Waals surface area contributed by atoms with Crippen molar-refractivity contribution in [3.8, 4) is 0 Å². The fourth-order valence-electron chi connectivity index (χ4n) is 2.18. The molecule has 23 heavy (non-hydrogen) atoms. The zero-order valence-corrected chi connectivity index (χ0v) is 15.3. The van der Waals surface area contributed by atoms with Crippen molar-refractivity contribution in [1.82, 2.24) is 4.90 Å². The summed E-state index contributed by atoms with van der Waals surface area (Å²) in [5.74, 6) is -0.102. The van der Waals surface area contributed by atoms with Gasteiger partial charge in [0.25, 0.3) is 5.91 Å². The molecule has 1 aromatic carbocycles. The molecule has 2 rings (SSSR count). The van der Waals surface area contributed by atoms with Crippen LogP contribution in [0.4, 0.5) is 0 Å². The second kappa shape index (κ2) is 7.47. The first kappa shape index (κ1) is 18.0. The molecule has 7 heteroatoms. The number of thiophene rings is 1. The molecule has 0 aliphatic heterocycles. The highest BCUT2D eigenvalue weighted by Gasteiger charge is 2.16. The van der Waals surface area contributed by atoms with E-state index in [1.54, 1.807) is 29.2 Å². The fourth-order valence-corrected chi connectivity index (χ4v) is 4.08. The molecule has 0 saturated heterocycles. The van der Waals surface area contributed by atoms with Gasteiger partial charge < -0.3 is 4.90 Å². The van der Waals surface area contributed by atoms with Gasteiger partial charge in [-0.2, -0.15) is 0 Å². The Kier molecular flexibility index (Phi) is 5.84. The smallest absolute Gasteiger partial charge is 0.254 e. The van der Waals surface area contributed by atoms with Crippen LogP contribution in [0.5, 0.6) is 0 Å². The van der Waals surface area contributed by atoms with Gasteiger partial charge in [0.15, 0.2) is 9.84 Å². The van der Waals surface area contributed by atoms with Crippen molar-refractivity contribution >= 4 is 38.7 Å². The molecule has 0 radical (unpaired) electrons. The molecule has 2 aromatic rings. The lowest BCUT2D eigenvalue weighted by atomic mass is 10.1. The fraction of sp³-hybridized carbons (Fsp3) is 0.312. The maximum Gasteiger partial charge on any atom is 0.254 e. The quantitative estimate of drug-likeness (QED) is 0.779. The van der Waals surface area contributed by atoms with E-state index in [0.717, 1.165) is 4.88 Å². The Bertz CT molecular complexity index is 782. The van der Waals surface area contributed by atoms with Gasteiger partial charge in [-0.25, -0.2) is 8.42 Å². The molecule has 0 bridgehead atoms. The molecule has 0 atom stereocenters. The highest BCUT2D eigenvalue weighted by molar-refractivity contribution is 7.89. The van der Waals surface area contributed by atoms with Crippen LogP contribution in [0.15, 0.2) is 36.4 Å². The van der Waals surface area contributed by atoms with Crippen LogP contribution in [0.1, 0.15) is 27.7 Å². The lowest BCUT2D eigenvalue weighted by Gasteiger charge is -2.20. The number of nitrogens with zero attached hydrogens (tertiary/aromatic N) is 1. The summed E-state index contributed by atoms with van der Waals surface area (Å²) in [6, 6.07) is 10.5. The second-order valence-electron chi connectivity index (χ2n) is 5.29. The Hall–Kier alpha value is -1.37. The molecule has 1 heterocycles. The minimum atomic E-state index is -3.08. The number of hydrogen-bond acceptors (Lipinski definition) is 4. The molecule has 0 unspecified atom stereocenters. The SMILES string of the molecule is CCN(Cc1ccc(Cl)s1)C(=O)c1ccc(CS(C)(=O)=O)cc1. The Morgan fingerprint density at radius 1 is 1.17 bits per heavy atom. The number of hydrogen-bond donors (Lipinski definition) is 0. The standard InChI is InChI=1S/C16H18ClNO3S2/c1-3-18(10-14-8-9-15(17)22-14)16(19)13-6-4-12(5-7-13)11-23(2,20)21/h4-9H,3,10-11H2,1-2H3. The molecular weight excluding hydrogens is 354 g/mol. The van der Waals surface area contributed by atoms with Gasteiger partial charge >= 0.3 is 0 Å². The van der Waals surface area contributed by atoms with E-state index in [0.29, 0.717) is 28.6 Å². The summed E-state index contributed by atoms with van der Waals surface area (Å²) in [7, 11) is -3.08. The van der Waals surface area contributed by atoms with Crippen LogP contribution in [0.25, 0.3) is 0 Å². The van der Waals surface area contributed by atoms with E-state index in [9.17, 15) is 13.2 Å². The van der Waals surface area contributed by atoms with Crippen molar-refractivity contribution in [3.63, 3.8) is 0 Å². The molecule has 0 spiro atoms. The van der Waals surface area contributed by atoms with Gasteiger partial charge in [-0.15, -0.1) is 11.3 Å². The summed E-state index contributed by atoms with van der Waals surface area (Å²) < 4.78 is 23.3. The molecule has 1 aromatic heterocycles. The first-order valence-corrected chi connectivity index (χ1v) is 10.3. The van der Waals surface area contributed by atoms with Crippen molar-refractivity contribution in [1.29, 1.82) is 0 Å². The minimum absolute atomic E-state index is 0.0212. The molecule has 0 fully saturated rings. The van der Waals surface area contributed by atoms with E-state index in [1.807, 2.05) is 19.1 Å². The van der Waals surface area contributed by atoms with Crippen LogP contribution in [0.3, 0.4) is 0 Å². The molecule has 1 amide bonds. The predicted molar refractivity (Wildman–Crippen MR) is 94.7 cm³/mol. The average molecular weight is 372 g/mol. The number of benzene rings is 1. The molecule has 0 saturated carbocycles. The van der Waals surface area contributed by atoms with E-state index in [1.165, 1.54) is 17.6 Å². The van der Waals surface area contributed by atoms with Crippen molar-refractivity contribution in [3.05, 3.63) is 56.7 Å². The van der Waals surface area contributed by atoms with E-state index in [2.05, 4.69) is 0 Å². The lowest BCUT2D eigenvalue weighted by Crippen LogP contribution is -2.29. The number of sulfone groups is 1. The van der Waals surface area contributed by atoms with Crippen LogP contribution in [0, 0.1) is 0 Å². The lowest BCUT2D eigenvalue weighted by molar-refractivity contribution is 0.0754. The maximum absolute atomic E-state index is 12.6. The topological polar surface area (TPSA) is 54.5 Å². The molecule has 124 valence electrons. The highest BCUT2D eigenvalue weighted by atomic mass is 35.5. The summed E-state index contributed by atoms with van der Waals surface area (Å²) >= 11 is 7.38. The summed E-state index contributed by atoms with van der Waals surface area (Å²) in [4.78, 5) is 15.3. The third-order valence-corrected chi connectivity index (χ3v) is 5.35. The van der Waals surface area contributed by atoms with Gasteiger partial charge in [-0.1, -0.05) is 23.7 Å². The third kappa shape index (κ3) is 5.34. The van der Waals surface area contributed by atoms with Gasteiger partial charge in [0.05, 0.1) is 16.6 Å². The van der Waals surface area contributed by atoms with Crippen molar-refractivity contribution in [2.75, 3.05) is 12.8 Å². The Balaban J connectivity index is 2.11. The minimum Gasteiger partial charge on any atom is -0.334 e. The van der Waals surface area contributed by atoms with Crippen LogP contribution in [-0.4, -0.2) is 32.0 Å². The van der Waals surface area contributed by atoms with Gasteiger partial charge in [-0.3, -0.25) is 4.79 Å². The molecule has 4 nitrogen and oxygen atoms in total. The Morgan fingerprint density at radius 2 is 1.83 bits per heavy atom. The molecule has 0 N–H and O–H groups in total. The number of carbonyl (C=O) groups is 1. The van der Waals surface area contributed by atoms with Gasteiger partial charge in [0, 0.05) is 23.2 Å². The van der Waals surface area contributed by atoms with Crippen molar-refractivity contribution in [2.24, 2.45) is 0 Å². The van der Waals surface area contributed by atoms with Crippen LogP contribution < -0.4 is 0 Å². The van der Waals surface area contributed by atoms with Gasteiger partial charge in [-0.05, 0) is 36.8 Å². The van der Waals surface area contributed by atoms with Crippen molar-refractivity contribution < 1.29 is 13.2 Å². The maximum atomic E-state index is 12.6. The monoisotopic (exact) mass is 371 g/mol. The van der Waals surface area contributed by atoms with Crippen LogP contribution >= 0.6 is 22.9 Å². The van der Waals surface area contributed by atoms with E-state index in [-0.39, 0.29) is 11.7 Å². The molecule has 0 aliphatic carbocycles. The molecule has 0 aliphatic rings. The Morgan fingerprint density at radius 3 is 2.30 bits per heavy atom. The van der Waals surface area contributed by atoms with E-state index >= 15 is 0 Å². The van der Waals surface area contributed by atoms with Crippen LogP contribution in [0.2, 0.25) is 4.34 Å². The predicted octanol–water partition coefficient (Wildman–Crippen LogP) is 3.61. The summed E-state index contributed by atoms with van der Waals surface area (Å²) in [6.45, 7) is 3.02. The van der Waals surface area contributed by atoms with E-state index < -0.39 is 9.84 Å². The van der Waals surface area contributed by atoms with Crippen molar-refractivity contribution in [2.45, 2.75) is 19.2 Å². The molecular formula is C16H18ClNO3S2. The largest absolute Gasteiger partial charge is 0.334 e. The Labute approximate surface area is 145 Å². The highest BCUT2D eigenvalue weighted by Crippen LogP contribution is 2.23. The normalized spacial score (nSPS) is 11.4. The summed E-state index contributed by atoms with van der Waals surface area (Å²) in [5, 5.41) is 0.